The summed E-state index contributed by atoms with van der Waals surface area (Å²) >= 11 is 0. The minimum Gasteiger partial charge on any atom is -0.393 e. The summed E-state index contributed by atoms with van der Waals surface area (Å²) in [6, 6.07) is 4.62. The molecule has 3 rings (SSSR count). The van der Waals surface area contributed by atoms with Crippen molar-refractivity contribution < 1.29 is 5.11 Å². The van der Waals surface area contributed by atoms with Crippen LogP contribution in [0.25, 0.3) is 10.9 Å². The predicted molar refractivity (Wildman–Crippen MR) is 73.5 cm³/mol. The Kier molecular flexibility index (Phi) is 2.88. The standard InChI is InChI=1S/C15H20N2O/c1-10(18)3-4-11-9-17(2)15-6-13-8-16-7-12(13)5-14(11)15/h5-6,9-10,16,18H,3-4,7-8H2,1-2H3. The first kappa shape index (κ1) is 11.8. The summed E-state index contributed by atoms with van der Waals surface area (Å²) in [5, 5.41) is 14.2. The van der Waals surface area contributed by atoms with E-state index < -0.39 is 0 Å². The number of rotatable bonds is 3. The Labute approximate surface area is 107 Å². The number of benzene rings is 1. The summed E-state index contributed by atoms with van der Waals surface area (Å²) in [7, 11) is 2.10. The van der Waals surface area contributed by atoms with Crippen LogP contribution >= 0.6 is 0 Å². The Hall–Kier alpha value is -1.32. The summed E-state index contributed by atoms with van der Waals surface area (Å²) in [6.45, 7) is 3.82. The minimum absolute atomic E-state index is 0.226. The second-order valence-electron chi connectivity index (χ2n) is 5.39. The summed E-state index contributed by atoms with van der Waals surface area (Å²) in [5.41, 5.74) is 5.50. The van der Waals surface area contributed by atoms with Gasteiger partial charge in [0, 0.05) is 37.2 Å². The van der Waals surface area contributed by atoms with E-state index >= 15 is 0 Å². The maximum absolute atomic E-state index is 9.43. The molecule has 1 unspecified atom stereocenters. The molecule has 0 amide bonds. The molecule has 1 aliphatic heterocycles. The number of aromatic nitrogens is 1. The molecule has 2 heterocycles. The average molecular weight is 244 g/mol. The molecule has 0 bridgehead atoms. The van der Waals surface area contributed by atoms with E-state index in [1.807, 2.05) is 6.92 Å². The molecule has 1 atom stereocenters. The zero-order chi connectivity index (χ0) is 12.7. The second kappa shape index (κ2) is 4.41. The van der Waals surface area contributed by atoms with E-state index in [9.17, 15) is 5.11 Å². The van der Waals surface area contributed by atoms with Crippen molar-refractivity contribution in [3.8, 4) is 0 Å². The molecule has 0 saturated heterocycles. The summed E-state index contributed by atoms with van der Waals surface area (Å²) in [4.78, 5) is 0. The number of nitrogens with zero attached hydrogens (tertiary/aromatic N) is 1. The molecular weight excluding hydrogens is 224 g/mol. The van der Waals surface area contributed by atoms with Gasteiger partial charge in [0.2, 0.25) is 0 Å². The molecule has 0 spiro atoms. The third-order valence-electron chi connectivity index (χ3n) is 3.86. The zero-order valence-corrected chi connectivity index (χ0v) is 11.0. The van der Waals surface area contributed by atoms with Gasteiger partial charge in [-0.15, -0.1) is 0 Å². The van der Waals surface area contributed by atoms with Gasteiger partial charge in [-0.25, -0.2) is 0 Å². The van der Waals surface area contributed by atoms with Crippen LogP contribution in [0.1, 0.15) is 30.0 Å². The maximum Gasteiger partial charge on any atom is 0.0515 e. The lowest BCUT2D eigenvalue weighted by Crippen LogP contribution is -2.01. The summed E-state index contributed by atoms with van der Waals surface area (Å²) < 4.78 is 2.20. The van der Waals surface area contributed by atoms with E-state index in [4.69, 9.17) is 0 Å². The molecule has 2 aromatic rings. The third kappa shape index (κ3) is 1.93. The highest BCUT2D eigenvalue weighted by Gasteiger charge is 2.15. The first-order valence-electron chi connectivity index (χ1n) is 6.63. The highest BCUT2D eigenvalue weighted by Crippen LogP contribution is 2.28. The molecule has 1 aromatic carbocycles. The van der Waals surface area contributed by atoms with Gasteiger partial charge in [-0.2, -0.15) is 0 Å². The van der Waals surface area contributed by atoms with Crippen molar-refractivity contribution in [2.24, 2.45) is 7.05 Å². The Morgan fingerprint density at radius 2 is 2.06 bits per heavy atom. The summed E-state index contributed by atoms with van der Waals surface area (Å²) in [6.07, 6.45) is 3.75. The van der Waals surface area contributed by atoms with Crippen molar-refractivity contribution in [1.82, 2.24) is 9.88 Å². The number of aliphatic hydroxyl groups is 1. The molecule has 0 radical (unpaired) electrons. The third-order valence-corrected chi connectivity index (χ3v) is 3.86. The number of hydrogen-bond donors (Lipinski definition) is 2. The average Bonchev–Trinajstić information content (AvgIpc) is 2.89. The van der Waals surface area contributed by atoms with Crippen LogP contribution in [0.4, 0.5) is 0 Å². The van der Waals surface area contributed by atoms with E-state index in [1.54, 1.807) is 0 Å². The molecule has 3 heteroatoms. The Morgan fingerprint density at radius 1 is 1.33 bits per heavy atom. The van der Waals surface area contributed by atoms with Crippen LogP contribution in [0.3, 0.4) is 0 Å². The molecule has 96 valence electrons. The van der Waals surface area contributed by atoms with Crippen molar-refractivity contribution in [1.29, 1.82) is 0 Å². The molecule has 18 heavy (non-hydrogen) atoms. The predicted octanol–water partition coefficient (Wildman–Crippen LogP) is 2.09. The lowest BCUT2D eigenvalue weighted by molar-refractivity contribution is 0.185. The van der Waals surface area contributed by atoms with Gasteiger partial charge in [-0.05, 0) is 48.6 Å². The smallest absolute Gasteiger partial charge is 0.0515 e. The van der Waals surface area contributed by atoms with Crippen LogP contribution in [0.15, 0.2) is 18.3 Å². The number of aryl methyl sites for hydroxylation is 2. The lowest BCUT2D eigenvalue weighted by Gasteiger charge is -2.04. The quantitative estimate of drug-likeness (QED) is 0.867. The van der Waals surface area contributed by atoms with Crippen LogP contribution in [0.5, 0.6) is 0 Å². The zero-order valence-electron chi connectivity index (χ0n) is 11.0. The van der Waals surface area contributed by atoms with Gasteiger partial charge in [-0.1, -0.05) is 0 Å². The largest absolute Gasteiger partial charge is 0.393 e. The molecule has 0 saturated carbocycles. The lowest BCUT2D eigenvalue weighted by atomic mass is 10.0. The maximum atomic E-state index is 9.43. The highest BCUT2D eigenvalue weighted by atomic mass is 16.3. The van der Waals surface area contributed by atoms with Crippen LogP contribution in [0, 0.1) is 0 Å². The van der Waals surface area contributed by atoms with Gasteiger partial charge >= 0.3 is 0 Å². The van der Waals surface area contributed by atoms with Crippen molar-refractivity contribution in [3.63, 3.8) is 0 Å². The molecular formula is C15H20N2O. The van der Waals surface area contributed by atoms with E-state index in [2.05, 4.69) is 35.3 Å². The van der Waals surface area contributed by atoms with Gasteiger partial charge in [-0.3, -0.25) is 0 Å². The first-order valence-corrected chi connectivity index (χ1v) is 6.63. The van der Waals surface area contributed by atoms with Gasteiger partial charge < -0.3 is 15.0 Å². The van der Waals surface area contributed by atoms with Crippen LogP contribution < -0.4 is 5.32 Å². The van der Waals surface area contributed by atoms with Crippen LogP contribution in [0.2, 0.25) is 0 Å². The van der Waals surface area contributed by atoms with Gasteiger partial charge in [0.25, 0.3) is 0 Å². The van der Waals surface area contributed by atoms with Crippen LogP contribution in [-0.2, 0) is 26.6 Å². The van der Waals surface area contributed by atoms with Crippen molar-refractivity contribution >= 4 is 10.9 Å². The fourth-order valence-electron chi connectivity index (χ4n) is 2.82. The fourth-order valence-corrected chi connectivity index (χ4v) is 2.82. The fraction of sp³-hybridized carbons (Fsp3) is 0.467. The Bertz CT molecular complexity index is 584. The Morgan fingerprint density at radius 3 is 2.78 bits per heavy atom. The van der Waals surface area contributed by atoms with E-state index in [-0.39, 0.29) is 6.10 Å². The Balaban J connectivity index is 2.05. The van der Waals surface area contributed by atoms with E-state index in [0.29, 0.717) is 0 Å². The van der Waals surface area contributed by atoms with Gasteiger partial charge in [0.05, 0.1) is 6.10 Å². The normalized spacial score (nSPS) is 16.2. The SMILES string of the molecule is CC(O)CCc1cn(C)c2cc3c(cc12)CNC3. The van der Waals surface area contributed by atoms with Gasteiger partial charge in [0.15, 0.2) is 0 Å². The van der Waals surface area contributed by atoms with E-state index in [1.165, 1.54) is 27.6 Å². The van der Waals surface area contributed by atoms with Crippen LogP contribution in [-0.4, -0.2) is 15.8 Å². The highest BCUT2D eigenvalue weighted by molar-refractivity contribution is 5.85. The van der Waals surface area contributed by atoms with Gasteiger partial charge in [0.1, 0.15) is 0 Å². The summed E-state index contributed by atoms with van der Waals surface area (Å²) in [5.74, 6) is 0. The molecule has 3 nitrogen and oxygen atoms in total. The topological polar surface area (TPSA) is 37.2 Å². The minimum atomic E-state index is -0.226. The van der Waals surface area contributed by atoms with E-state index in [0.717, 1.165) is 25.9 Å². The molecule has 1 aliphatic rings. The number of hydrogen-bond acceptors (Lipinski definition) is 2. The second-order valence-corrected chi connectivity index (χ2v) is 5.39. The first-order chi connectivity index (χ1) is 8.65. The monoisotopic (exact) mass is 244 g/mol. The number of fused-ring (bicyclic) bond motifs is 2. The molecule has 0 aliphatic carbocycles. The molecule has 2 N–H and O–H groups in total. The van der Waals surface area contributed by atoms with Crippen molar-refractivity contribution in [3.05, 3.63) is 35.0 Å². The molecule has 1 aromatic heterocycles. The van der Waals surface area contributed by atoms with Crippen molar-refractivity contribution in [2.75, 3.05) is 0 Å². The number of nitrogens with one attached hydrogen (secondary N) is 1. The molecule has 0 fully saturated rings. The number of aliphatic hydroxyl groups excluding tert-OH is 1. The van der Waals surface area contributed by atoms with Crippen molar-refractivity contribution in [2.45, 2.75) is 39.0 Å².